The molecule has 0 spiro atoms. The molecule has 1 atom stereocenters. The molecular formula is C9H8N2O3. The Morgan fingerprint density at radius 2 is 2.29 bits per heavy atom. The van der Waals surface area contributed by atoms with Crippen LogP contribution in [-0.2, 0) is 4.74 Å². The van der Waals surface area contributed by atoms with Crippen LogP contribution in [0.3, 0.4) is 0 Å². The van der Waals surface area contributed by atoms with Crippen molar-refractivity contribution in [1.29, 1.82) is 0 Å². The maximum absolute atomic E-state index is 11.3. The zero-order valence-electron chi connectivity index (χ0n) is 7.27. The number of allylic oxidation sites excluding steroid dienone is 1. The monoisotopic (exact) mass is 192 g/mol. The Morgan fingerprint density at radius 3 is 2.86 bits per heavy atom. The summed E-state index contributed by atoms with van der Waals surface area (Å²) in [6.45, 7) is 3.58. The maximum atomic E-state index is 11.3. The second-order valence-corrected chi connectivity index (χ2v) is 2.85. The van der Waals surface area contributed by atoms with Crippen molar-refractivity contribution in [3.8, 4) is 0 Å². The molecule has 0 saturated carbocycles. The quantitative estimate of drug-likeness (QED) is 0.688. The number of ether oxygens (including phenoxy) is 1. The van der Waals surface area contributed by atoms with Crippen molar-refractivity contribution < 1.29 is 4.74 Å². The highest BCUT2D eigenvalue weighted by Crippen LogP contribution is 2.19. The molecule has 1 aromatic rings. The molecule has 1 aliphatic heterocycles. The van der Waals surface area contributed by atoms with Crippen LogP contribution in [0.4, 0.5) is 0 Å². The lowest BCUT2D eigenvalue weighted by molar-refractivity contribution is 0.119. The van der Waals surface area contributed by atoms with E-state index in [1.165, 1.54) is 16.8 Å². The number of nitrogens with zero attached hydrogens (tertiary/aromatic N) is 1. The van der Waals surface area contributed by atoms with E-state index in [1.54, 1.807) is 12.2 Å². The summed E-state index contributed by atoms with van der Waals surface area (Å²) in [5, 5.41) is 0. The second-order valence-electron chi connectivity index (χ2n) is 2.85. The summed E-state index contributed by atoms with van der Waals surface area (Å²) in [6.07, 6.45) is 4.23. The van der Waals surface area contributed by atoms with Crippen LogP contribution in [-0.4, -0.2) is 9.55 Å². The fraction of sp³-hybridized carbons (Fsp3) is 0.111. The van der Waals surface area contributed by atoms with Gasteiger partial charge in [-0.05, 0) is 12.2 Å². The molecule has 2 heterocycles. The van der Waals surface area contributed by atoms with Crippen molar-refractivity contribution in [3.05, 3.63) is 57.6 Å². The van der Waals surface area contributed by atoms with Gasteiger partial charge in [-0.2, -0.15) is 0 Å². The van der Waals surface area contributed by atoms with E-state index in [0.29, 0.717) is 5.76 Å². The summed E-state index contributed by atoms with van der Waals surface area (Å²) < 4.78 is 6.48. The number of aromatic nitrogens is 2. The molecule has 5 nitrogen and oxygen atoms in total. The van der Waals surface area contributed by atoms with E-state index in [1.807, 2.05) is 0 Å². The van der Waals surface area contributed by atoms with Gasteiger partial charge in [-0.15, -0.1) is 0 Å². The maximum Gasteiger partial charge on any atom is 0.331 e. The number of H-pyrrole nitrogens is 1. The highest BCUT2D eigenvalue weighted by atomic mass is 16.5. The molecular weight excluding hydrogens is 184 g/mol. The molecule has 0 aliphatic carbocycles. The minimum atomic E-state index is -0.508. The summed E-state index contributed by atoms with van der Waals surface area (Å²) in [5.41, 5.74) is -0.922. The average Bonchev–Trinajstić information content (AvgIpc) is 2.51. The SMILES string of the molecule is C=C1C=C[C@@H](n2ccc(=O)[nH]c2=O)O1. The van der Waals surface area contributed by atoms with Crippen LogP contribution in [0.2, 0.25) is 0 Å². The molecule has 0 fully saturated rings. The lowest BCUT2D eigenvalue weighted by Crippen LogP contribution is -2.30. The molecule has 1 aliphatic rings. The molecule has 0 amide bonds. The van der Waals surface area contributed by atoms with Gasteiger partial charge in [0.25, 0.3) is 5.56 Å². The van der Waals surface area contributed by atoms with Gasteiger partial charge in [-0.25, -0.2) is 4.79 Å². The number of nitrogens with one attached hydrogen (secondary N) is 1. The first-order valence-electron chi connectivity index (χ1n) is 4.02. The van der Waals surface area contributed by atoms with Crippen LogP contribution < -0.4 is 11.2 Å². The topological polar surface area (TPSA) is 64.1 Å². The molecule has 2 rings (SSSR count). The van der Waals surface area contributed by atoms with Crippen LogP contribution >= 0.6 is 0 Å². The number of aromatic amines is 1. The van der Waals surface area contributed by atoms with Crippen LogP contribution in [0, 0.1) is 0 Å². The van der Waals surface area contributed by atoms with Gasteiger partial charge >= 0.3 is 5.69 Å². The Labute approximate surface area is 79.0 Å². The summed E-state index contributed by atoms with van der Waals surface area (Å²) in [7, 11) is 0. The van der Waals surface area contributed by atoms with E-state index in [4.69, 9.17) is 4.74 Å². The Hall–Kier alpha value is -2.04. The van der Waals surface area contributed by atoms with E-state index >= 15 is 0 Å². The lowest BCUT2D eigenvalue weighted by Gasteiger charge is -2.11. The van der Waals surface area contributed by atoms with Crippen molar-refractivity contribution in [2.24, 2.45) is 0 Å². The highest BCUT2D eigenvalue weighted by molar-refractivity contribution is 5.15. The largest absolute Gasteiger partial charge is 0.467 e. The van der Waals surface area contributed by atoms with Gasteiger partial charge < -0.3 is 4.74 Å². The van der Waals surface area contributed by atoms with E-state index in [0.717, 1.165) is 0 Å². The third-order valence-electron chi connectivity index (χ3n) is 1.84. The molecule has 1 N–H and O–H groups in total. The van der Waals surface area contributed by atoms with E-state index in [-0.39, 0.29) is 0 Å². The molecule has 0 bridgehead atoms. The molecule has 0 radical (unpaired) electrons. The third-order valence-corrected chi connectivity index (χ3v) is 1.84. The average molecular weight is 192 g/mol. The van der Waals surface area contributed by atoms with Crippen molar-refractivity contribution in [2.75, 3.05) is 0 Å². The van der Waals surface area contributed by atoms with Crippen LogP contribution in [0.5, 0.6) is 0 Å². The van der Waals surface area contributed by atoms with Gasteiger partial charge in [0.2, 0.25) is 0 Å². The van der Waals surface area contributed by atoms with Gasteiger partial charge in [0.05, 0.1) is 0 Å². The molecule has 72 valence electrons. The van der Waals surface area contributed by atoms with E-state index < -0.39 is 17.5 Å². The fourth-order valence-electron chi connectivity index (χ4n) is 1.20. The number of rotatable bonds is 1. The molecule has 0 saturated heterocycles. The van der Waals surface area contributed by atoms with Gasteiger partial charge in [-0.3, -0.25) is 14.3 Å². The van der Waals surface area contributed by atoms with Gasteiger partial charge in [0.1, 0.15) is 5.76 Å². The number of hydrogen-bond acceptors (Lipinski definition) is 3. The minimum Gasteiger partial charge on any atom is -0.467 e. The summed E-state index contributed by atoms with van der Waals surface area (Å²) >= 11 is 0. The Bertz CT molecular complexity index is 509. The Kier molecular flexibility index (Phi) is 1.85. The number of hydrogen-bond donors (Lipinski definition) is 1. The minimum absolute atomic E-state index is 0.424. The first-order valence-corrected chi connectivity index (χ1v) is 4.02. The van der Waals surface area contributed by atoms with E-state index in [2.05, 4.69) is 11.6 Å². The Balaban J connectivity index is 2.43. The standard InChI is InChI=1S/C9H8N2O3/c1-6-2-3-8(14-6)11-5-4-7(12)10-9(11)13/h2-5,8H,1H2,(H,10,12,13)/t8-/m0/s1. The Morgan fingerprint density at radius 1 is 1.50 bits per heavy atom. The van der Waals surface area contributed by atoms with Gasteiger partial charge in [-0.1, -0.05) is 6.58 Å². The lowest BCUT2D eigenvalue weighted by atomic mass is 10.4. The predicted octanol–water partition coefficient (Wildman–Crippen LogP) is 0.135. The van der Waals surface area contributed by atoms with Crippen LogP contribution in [0.15, 0.2) is 46.3 Å². The van der Waals surface area contributed by atoms with Crippen molar-refractivity contribution in [2.45, 2.75) is 6.23 Å². The zero-order chi connectivity index (χ0) is 10.1. The summed E-state index contributed by atoms with van der Waals surface area (Å²) in [5.74, 6) is 0.494. The van der Waals surface area contributed by atoms with Crippen molar-refractivity contribution in [3.63, 3.8) is 0 Å². The molecule has 1 aromatic heterocycles. The second kappa shape index (κ2) is 3.02. The van der Waals surface area contributed by atoms with Gasteiger partial charge in [0.15, 0.2) is 6.23 Å². The van der Waals surface area contributed by atoms with Crippen molar-refractivity contribution >= 4 is 0 Å². The first-order chi connectivity index (χ1) is 6.66. The summed E-state index contributed by atoms with van der Waals surface area (Å²) in [4.78, 5) is 24.2. The van der Waals surface area contributed by atoms with Crippen LogP contribution in [0.25, 0.3) is 0 Å². The smallest absolute Gasteiger partial charge is 0.331 e. The van der Waals surface area contributed by atoms with Gasteiger partial charge in [0, 0.05) is 12.3 Å². The molecule has 0 unspecified atom stereocenters. The fourth-order valence-corrected chi connectivity index (χ4v) is 1.20. The normalized spacial score (nSPS) is 19.7. The first kappa shape index (κ1) is 8.55. The summed E-state index contributed by atoms with van der Waals surface area (Å²) in [6, 6.07) is 1.26. The van der Waals surface area contributed by atoms with Crippen molar-refractivity contribution in [1.82, 2.24) is 9.55 Å². The molecule has 0 aromatic carbocycles. The zero-order valence-corrected chi connectivity index (χ0v) is 7.27. The molecule has 14 heavy (non-hydrogen) atoms. The predicted molar refractivity (Wildman–Crippen MR) is 49.7 cm³/mol. The van der Waals surface area contributed by atoms with E-state index in [9.17, 15) is 9.59 Å². The van der Waals surface area contributed by atoms with Crippen LogP contribution in [0.1, 0.15) is 6.23 Å². The highest BCUT2D eigenvalue weighted by Gasteiger charge is 2.15. The molecule has 5 heteroatoms. The third kappa shape index (κ3) is 1.39.